The normalized spacial score (nSPS) is 12.9. The van der Waals surface area contributed by atoms with Gasteiger partial charge in [-0.25, -0.2) is 0 Å². The predicted molar refractivity (Wildman–Crippen MR) is 78.6 cm³/mol. The van der Waals surface area contributed by atoms with Crippen molar-refractivity contribution >= 4 is 14.4 Å². The van der Waals surface area contributed by atoms with Crippen LogP contribution in [0, 0.1) is 16.9 Å². The lowest BCUT2D eigenvalue weighted by Crippen LogP contribution is -2.16. The van der Waals surface area contributed by atoms with Gasteiger partial charge in [0.15, 0.2) is 0 Å². The summed E-state index contributed by atoms with van der Waals surface area (Å²) in [5.74, 6) is 3.27. The average Bonchev–Trinajstić information content (AvgIpc) is 2.20. The van der Waals surface area contributed by atoms with E-state index in [-0.39, 0.29) is 5.41 Å². The van der Waals surface area contributed by atoms with Gasteiger partial charge < -0.3 is 4.79 Å². The summed E-state index contributed by atoms with van der Waals surface area (Å²) in [6.45, 7) is 12.8. The summed E-state index contributed by atoms with van der Waals surface area (Å²) in [4.78, 5) is 10.8. The van der Waals surface area contributed by atoms with Gasteiger partial charge in [-0.3, -0.25) is 0 Å². The molecule has 17 heavy (non-hydrogen) atoms. The molecule has 0 spiro atoms. The molecule has 0 aliphatic heterocycles. The van der Waals surface area contributed by atoms with E-state index >= 15 is 0 Å². The maximum atomic E-state index is 10.8. The standard InChI is InChI=1S/C15H26OSi/c1-14(10-11-15(2,3)13-16)9-7-8-12-17(4,5)6/h10,13H,7,9,11H2,1-6H3/b14-10+. The molecule has 0 atom stereocenters. The Kier molecular flexibility index (Phi) is 6.48. The number of allylic oxidation sites excluding steroid dienone is 2. The van der Waals surface area contributed by atoms with Crippen LogP contribution in [-0.2, 0) is 4.79 Å². The minimum Gasteiger partial charge on any atom is -0.303 e. The number of aldehydes is 1. The van der Waals surface area contributed by atoms with Crippen molar-refractivity contribution in [1.82, 2.24) is 0 Å². The minimum atomic E-state index is -1.21. The molecule has 0 aliphatic carbocycles. The fourth-order valence-electron chi connectivity index (χ4n) is 1.17. The molecule has 0 radical (unpaired) electrons. The molecule has 0 bridgehead atoms. The van der Waals surface area contributed by atoms with Crippen molar-refractivity contribution in [2.24, 2.45) is 5.41 Å². The summed E-state index contributed by atoms with van der Waals surface area (Å²) in [7, 11) is -1.21. The summed E-state index contributed by atoms with van der Waals surface area (Å²) >= 11 is 0. The second kappa shape index (κ2) is 6.81. The van der Waals surface area contributed by atoms with Crippen molar-refractivity contribution in [3.8, 4) is 11.5 Å². The van der Waals surface area contributed by atoms with Gasteiger partial charge >= 0.3 is 0 Å². The molecular weight excluding hydrogens is 224 g/mol. The van der Waals surface area contributed by atoms with Crippen LogP contribution >= 0.6 is 0 Å². The molecule has 0 aromatic heterocycles. The van der Waals surface area contributed by atoms with Gasteiger partial charge in [0.1, 0.15) is 14.4 Å². The third-order valence-electron chi connectivity index (χ3n) is 2.40. The second-order valence-electron chi connectivity index (χ2n) is 6.41. The molecule has 0 rings (SSSR count). The maximum Gasteiger partial charge on any atom is 0.129 e. The van der Waals surface area contributed by atoms with Crippen LogP contribution in [0.4, 0.5) is 0 Å². The van der Waals surface area contributed by atoms with Crippen LogP contribution in [0.3, 0.4) is 0 Å². The first-order chi connectivity index (χ1) is 7.66. The highest BCUT2D eigenvalue weighted by Crippen LogP contribution is 2.19. The highest BCUT2D eigenvalue weighted by Gasteiger charge is 2.14. The SMILES string of the molecule is C/C(=C\CC(C)(C)C=O)CCC#C[Si](C)(C)C. The summed E-state index contributed by atoms with van der Waals surface area (Å²) in [6, 6.07) is 0. The van der Waals surface area contributed by atoms with E-state index < -0.39 is 8.07 Å². The summed E-state index contributed by atoms with van der Waals surface area (Å²) < 4.78 is 0. The van der Waals surface area contributed by atoms with Gasteiger partial charge in [-0.1, -0.05) is 45.1 Å². The Morgan fingerprint density at radius 2 is 1.88 bits per heavy atom. The molecule has 0 aromatic carbocycles. The molecule has 96 valence electrons. The Morgan fingerprint density at radius 1 is 1.29 bits per heavy atom. The topological polar surface area (TPSA) is 17.1 Å². The van der Waals surface area contributed by atoms with Crippen molar-refractivity contribution in [2.75, 3.05) is 0 Å². The van der Waals surface area contributed by atoms with Gasteiger partial charge in [0.25, 0.3) is 0 Å². The van der Waals surface area contributed by atoms with Crippen LogP contribution in [0.5, 0.6) is 0 Å². The molecule has 0 amide bonds. The number of carbonyl (C=O) groups excluding carboxylic acids is 1. The number of rotatable bonds is 5. The van der Waals surface area contributed by atoms with Gasteiger partial charge in [0.2, 0.25) is 0 Å². The van der Waals surface area contributed by atoms with Crippen LogP contribution in [0.1, 0.15) is 40.0 Å². The van der Waals surface area contributed by atoms with Crippen molar-refractivity contribution in [2.45, 2.75) is 59.7 Å². The van der Waals surface area contributed by atoms with Gasteiger partial charge in [0.05, 0.1) is 0 Å². The lowest BCUT2D eigenvalue weighted by Gasteiger charge is -2.13. The monoisotopic (exact) mass is 250 g/mol. The van der Waals surface area contributed by atoms with E-state index in [1.807, 2.05) is 13.8 Å². The van der Waals surface area contributed by atoms with Crippen LogP contribution in [0.15, 0.2) is 11.6 Å². The predicted octanol–water partition coefficient (Wildman–Crippen LogP) is 4.21. The van der Waals surface area contributed by atoms with Crippen molar-refractivity contribution in [3.05, 3.63) is 11.6 Å². The highest BCUT2D eigenvalue weighted by atomic mass is 28.3. The van der Waals surface area contributed by atoms with Gasteiger partial charge in [0, 0.05) is 11.8 Å². The molecule has 0 aliphatic rings. The van der Waals surface area contributed by atoms with Crippen LogP contribution in [0.25, 0.3) is 0 Å². The lowest BCUT2D eigenvalue weighted by atomic mass is 9.90. The maximum absolute atomic E-state index is 10.8. The van der Waals surface area contributed by atoms with Crippen molar-refractivity contribution in [1.29, 1.82) is 0 Å². The Morgan fingerprint density at radius 3 is 2.35 bits per heavy atom. The summed E-state index contributed by atoms with van der Waals surface area (Å²) in [5.41, 5.74) is 4.47. The molecule has 1 nitrogen and oxygen atoms in total. The zero-order valence-corrected chi connectivity index (χ0v) is 13.2. The van der Waals surface area contributed by atoms with Crippen LogP contribution < -0.4 is 0 Å². The van der Waals surface area contributed by atoms with Gasteiger partial charge in [-0.15, -0.1) is 11.5 Å². The van der Waals surface area contributed by atoms with Crippen molar-refractivity contribution < 1.29 is 4.79 Å². The lowest BCUT2D eigenvalue weighted by molar-refractivity contribution is -0.114. The fraction of sp³-hybridized carbons (Fsp3) is 0.667. The summed E-state index contributed by atoms with van der Waals surface area (Å²) in [5, 5.41) is 0. The number of carbonyl (C=O) groups is 1. The van der Waals surface area contributed by atoms with Gasteiger partial charge in [-0.2, -0.15) is 0 Å². The zero-order valence-electron chi connectivity index (χ0n) is 12.2. The molecule has 0 unspecified atom stereocenters. The first kappa shape index (κ1) is 16.2. The first-order valence-corrected chi connectivity index (χ1v) is 9.78. The number of hydrogen-bond acceptors (Lipinski definition) is 1. The van der Waals surface area contributed by atoms with E-state index in [0.717, 1.165) is 25.5 Å². The van der Waals surface area contributed by atoms with Crippen LogP contribution in [-0.4, -0.2) is 14.4 Å². The summed E-state index contributed by atoms with van der Waals surface area (Å²) in [6.07, 6.45) is 5.98. The van der Waals surface area contributed by atoms with Crippen molar-refractivity contribution in [3.63, 3.8) is 0 Å². The Bertz CT molecular complexity index is 334. The highest BCUT2D eigenvalue weighted by molar-refractivity contribution is 6.83. The first-order valence-electron chi connectivity index (χ1n) is 6.28. The quantitative estimate of drug-likeness (QED) is 0.309. The molecule has 0 saturated heterocycles. The molecule has 0 aromatic rings. The Hall–Kier alpha value is -0.813. The third kappa shape index (κ3) is 10.1. The van der Waals surface area contributed by atoms with E-state index in [4.69, 9.17) is 0 Å². The molecular formula is C15H26OSi. The molecule has 0 heterocycles. The van der Waals surface area contributed by atoms with E-state index in [9.17, 15) is 4.79 Å². The largest absolute Gasteiger partial charge is 0.303 e. The van der Waals surface area contributed by atoms with Crippen LogP contribution in [0.2, 0.25) is 19.6 Å². The van der Waals surface area contributed by atoms with E-state index in [2.05, 4.69) is 44.1 Å². The second-order valence-corrected chi connectivity index (χ2v) is 11.2. The molecule has 0 saturated carbocycles. The molecule has 0 fully saturated rings. The Balaban J connectivity index is 4.10. The molecule has 2 heteroatoms. The zero-order chi connectivity index (χ0) is 13.5. The van der Waals surface area contributed by atoms with E-state index in [1.165, 1.54) is 5.57 Å². The smallest absolute Gasteiger partial charge is 0.129 e. The Labute approximate surface area is 108 Å². The third-order valence-corrected chi connectivity index (χ3v) is 3.33. The number of hydrogen-bond donors (Lipinski definition) is 0. The van der Waals surface area contributed by atoms with E-state index in [0.29, 0.717) is 0 Å². The minimum absolute atomic E-state index is 0.231. The average molecular weight is 250 g/mol. The molecule has 0 N–H and O–H groups in total. The van der Waals surface area contributed by atoms with Gasteiger partial charge in [-0.05, 0) is 19.8 Å². The van der Waals surface area contributed by atoms with E-state index in [1.54, 1.807) is 0 Å². The fourth-order valence-corrected chi connectivity index (χ4v) is 1.83.